The molecule has 0 unspecified atom stereocenters. The number of carbonyl (C=O) groups is 1. The molecule has 0 spiro atoms. The lowest BCUT2D eigenvalue weighted by atomic mass is 9.91. The summed E-state index contributed by atoms with van der Waals surface area (Å²) in [5, 5.41) is 2.63. The number of aromatic nitrogens is 1. The number of rotatable bonds is 5. The molecule has 0 bridgehead atoms. The van der Waals surface area contributed by atoms with Crippen LogP contribution in [-0.2, 0) is 12.8 Å². The first-order chi connectivity index (χ1) is 15.7. The Morgan fingerprint density at radius 2 is 1.78 bits per heavy atom. The number of anilines is 1. The van der Waals surface area contributed by atoms with Crippen LogP contribution in [0.25, 0.3) is 0 Å². The Labute approximate surface area is 191 Å². The predicted octanol–water partition coefficient (Wildman–Crippen LogP) is 3.44. The standard InChI is InChI=1S/C26H34N4O2/c1-27-26(31)21-6-8-25(28-18-21)30-15-11-23(12-16-30)32-24-7-5-19-9-13-29(22-3-2-4-22)14-10-20(19)17-24/h5-8,17-18,22-23H,2-4,9-16H2,1H3,(H,27,31). The van der Waals surface area contributed by atoms with E-state index in [0.29, 0.717) is 5.56 Å². The average Bonchev–Trinajstić information content (AvgIpc) is 3.00. The third-order valence-electron chi connectivity index (χ3n) is 7.41. The molecule has 2 fully saturated rings. The first-order valence-electron chi connectivity index (χ1n) is 12.1. The topological polar surface area (TPSA) is 57.7 Å². The van der Waals surface area contributed by atoms with Crippen molar-refractivity contribution in [2.45, 2.75) is 57.1 Å². The largest absolute Gasteiger partial charge is 0.490 e. The van der Waals surface area contributed by atoms with Crippen molar-refractivity contribution in [1.29, 1.82) is 0 Å². The van der Waals surface area contributed by atoms with Crippen LogP contribution in [-0.4, -0.2) is 61.2 Å². The van der Waals surface area contributed by atoms with Gasteiger partial charge in [-0.15, -0.1) is 0 Å². The minimum atomic E-state index is -0.104. The minimum Gasteiger partial charge on any atom is -0.490 e. The van der Waals surface area contributed by atoms with Gasteiger partial charge in [0.2, 0.25) is 0 Å². The molecule has 0 radical (unpaired) electrons. The molecule has 1 N–H and O–H groups in total. The molecule has 1 aliphatic carbocycles. The number of pyridine rings is 1. The molecule has 32 heavy (non-hydrogen) atoms. The molecule has 170 valence electrons. The number of carbonyl (C=O) groups excluding carboxylic acids is 1. The zero-order chi connectivity index (χ0) is 21.9. The number of benzene rings is 1. The number of ether oxygens (including phenoxy) is 1. The third kappa shape index (κ3) is 4.60. The lowest BCUT2D eigenvalue weighted by Crippen LogP contribution is -2.41. The number of piperidine rings is 1. The molecule has 1 aromatic heterocycles. The molecule has 1 saturated carbocycles. The molecule has 2 aliphatic heterocycles. The summed E-state index contributed by atoms with van der Waals surface area (Å²) in [7, 11) is 1.63. The summed E-state index contributed by atoms with van der Waals surface area (Å²) in [5.74, 6) is 1.84. The summed E-state index contributed by atoms with van der Waals surface area (Å²) in [4.78, 5) is 21.2. The highest BCUT2D eigenvalue weighted by Gasteiger charge is 2.27. The van der Waals surface area contributed by atoms with Crippen molar-refractivity contribution in [2.24, 2.45) is 0 Å². The maximum atomic E-state index is 11.7. The number of fused-ring (bicyclic) bond motifs is 1. The lowest BCUT2D eigenvalue weighted by Gasteiger charge is -2.36. The molecular weight excluding hydrogens is 400 g/mol. The first kappa shape index (κ1) is 21.3. The molecule has 1 saturated heterocycles. The monoisotopic (exact) mass is 434 g/mol. The van der Waals surface area contributed by atoms with Gasteiger partial charge in [-0.2, -0.15) is 0 Å². The van der Waals surface area contributed by atoms with E-state index in [9.17, 15) is 4.79 Å². The fourth-order valence-electron chi connectivity index (χ4n) is 5.16. The van der Waals surface area contributed by atoms with Crippen LogP contribution in [0.1, 0.15) is 53.6 Å². The van der Waals surface area contributed by atoms with E-state index >= 15 is 0 Å². The second-order valence-electron chi connectivity index (χ2n) is 9.34. The number of amides is 1. The normalized spacial score (nSPS) is 20.2. The molecule has 6 nitrogen and oxygen atoms in total. The highest BCUT2D eigenvalue weighted by atomic mass is 16.5. The van der Waals surface area contributed by atoms with Gasteiger partial charge in [-0.1, -0.05) is 12.5 Å². The number of nitrogens with zero attached hydrogens (tertiary/aromatic N) is 3. The minimum absolute atomic E-state index is 0.104. The van der Waals surface area contributed by atoms with E-state index in [2.05, 4.69) is 38.3 Å². The summed E-state index contributed by atoms with van der Waals surface area (Å²) in [6.45, 7) is 4.22. The van der Waals surface area contributed by atoms with Gasteiger partial charge in [0, 0.05) is 58.3 Å². The summed E-state index contributed by atoms with van der Waals surface area (Å²) >= 11 is 0. The third-order valence-corrected chi connectivity index (χ3v) is 7.41. The van der Waals surface area contributed by atoms with Gasteiger partial charge in [0.25, 0.3) is 5.91 Å². The Kier molecular flexibility index (Phi) is 6.30. The molecule has 0 atom stereocenters. The van der Waals surface area contributed by atoms with E-state index in [0.717, 1.165) is 56.4 Å². The summed E-state index contributed by atoms with van der Waals surface area (Å²) in [6.07, 6.45) is 10.3. The van der Waals surface area contributed by atoms with Crippen molar-refractivity contribution in [3.05, 3.63) is 53.2 Å². The van der Waals surface area contributed by atoms with E-state index < -0.39 is 0 Å². The second-order valence-corrected chi connectivity index (χ2v) is 9.34. The molecular formula is C26H34N4O2. The van der Waals surface area contributed by atoms with Gasteiger partial charge in [0.15, 0.2) is 0 Å². The van der Waals surface area contributed by atoms with Crippen LogP contribution in [0.5, 0.6) is 5.75 Å². The predicted molar refractivity (Wildman–Crippen MR) is 127 cm³/mol. The van der Waals surface area contributed by atoms with Crippen molar-refractivity contribution in [1.82, 2.24) is 15.2 Å². The van der Waals surface area contributed by atoms with Crippen LogP contribution in [0.15, 0.2) is 36.5 Å². The van der Waals surface area contributed by atoms with E-state index in [1.54, 1.807) is 13.2 Å². The highest BCUT2D eigenvalue weighted by Crippen LogP contribution is 2.29. The SMILES string of the molecule is CNC(=O)c1ccc(N2CCC(Oc3ccc4c(c3)CCN(C3CCC3)CC4)CC2)nc1. The van der Waals surface area contributed by atoms with Gasteiger partial charge in [0.1, 0.15) is 17.7 Å². The quantitative estimate of drug-likeness (QED) is 0.781. The van der Waals surface area contributed by atoms with E-state index in [-0.39, 0.29) is 12.0 Å². The van der Waals surface area contributed by atoms with Crippen LogP contribution in [0, 0.1) is 0 Å². The lowest BCUT2D eigenvalue weighted by molar-refractivity contribution is 0.0962. The summed E-state index contributed by atoms with van der Waals surface area (Å²) in [6, 6.07) is 11.4. The maximum Gasteiger partial charge on any atom is 0.252 e. The molecule has 6 heteroatoms. The van der Waals surface area contributed by atoms with Crippen molar-refractivity contribution >= 4 is 11.7 Å². The first-order valence-corrected chi connectivity index (χ1v) is 12.1. The number of nitrogens with one attached hydrogen (secondary N) is 1. The Hall–Kier alpha value is -2.60. The molecule has 2 aromatic rings. The zero-order valence-electron chi connectivity index (χ0n) is 19.1. The fourth-order valence-corrected chi connectivity index (χ4v) is 5.16. The second kappa shape index (κ2) is 9.49. The van der Waals surface area contributed by atoms with Crippen LogP contribution in [0.4, 0.5) is 5.82 Å². The summed E-state index contributed by atoms with van der Waals surface area (Å²) < 4.78 is 6.40. The van der Waals surface area contributed by atoms with Crippen LogP contribution >= 0.6 is 0 Å². The maximum absolute atomic E-state index is 11.7. The fraction of sp³-hybridized carbons (Fsp3) is 0.538. The number of hydrogen-bond acceptors (Lipinski definition) is 5. The summed E-state index contributed by atoms with van der Waals surface area (Å²) in [5.41, 5.74) is 3.57. The zero-order valence-corrected chi connectivity index (χ0v) is 19.1. The van der Waals surface area contributed by atoms with Crippen LogP contribution < -0.4 is 15.0 Å². The van der Waals surface area contributed by atoms with Gasteiger partial charge >= 0.3 is 0 Å². The van der Waals surface area contributed by atoms with Gasteiger partial charge in [-0.25, -0.2) is 4.98 Å². The van der Waals surface area contributed by atoms with Crippen LogP contribution in [0.2, 0.25) is 0 Å². The molecule has 5 rings (SSSR count). The Bertz CT molecular complexity index is 933. The van der Waals surface area contributed by atoms with Crippen molar-refractivity contribution < 1.29 is 9.53 Å². The van der Waals surface area contributed by atoms with Gasteiger partial charge < -0.3 is 15.0 Å². The van der Waals surface area contributed by atoms with Gasteiger partial charge in [-0.3, -0.25) is 9.69 Å². The Morgan fingerprint density at radius 3 is 2.44 bits per heavy atom. The molecule has 1 aromatic carbocycles. The molecule has 1 amide bonds. The van der Waals surface area contributed by atoms with E-state index in [4.69, 9.17) is 4.74 Å². The average molecular weight is 435 g/mol. The van der Waals surface area contributed by atoms with E-state index in [1.165, 1.54) is 43.5 Å². The molecule has 3 heterocycles. The Morgan fingerprint density at radius 1 is 1.00 bits per heavy atom. The van der Waals surface area contributed by atoms with E-state index in [1.807, 2.05) is 12.1 Å². The highest BCUT2D eigenvalue weighted by molar-refractivity contribution is 5.93. The Balaban J connectivity index is 1.15. The molecule has 3 aliphatic rings. The van der Waals surface area contributed by atoms with Gasteiger partial charge in [-0.05, 0) is 61.1 Å². The van der Waals surface area contributed by atoms with Crippen molar-refractivity contribution in [2.75, 3.05) is 38.1 Å². The smallest absolute Gasteiger partial charge is 0.252 e. The number of hydrogen-bond donors (Lipinski definition) is 1. The van der Waals surface area contributed by atoms with Gasteiger partial charge in [0.05, 0.1) is 5.56 Å². The van der Waals surface area contributed by atoms with Crippen molar-refractivity contribution in [3.63, 3.8) is 0 Å². The van der Waals surface area contributed by atoms with Crippen LogP contribution in [0.3, 0.4) is 0 Å². The van der Waals surface area contributed by atoms with Crippen molar-refractivity contribution in [3.8, 4) is 5.75 Å².